The molecular weight excluding hydrogens is 420 g/mol. The maximum Gasteiger partial charge on any atom is 0.407 e. The number of carbonyl (C=O) groups excluding carboxylic acids is 2. The predicted octanol–water partition coefficient (Wildman–Crippen LogP) is 3.62. The lowest BCUT2D eigenvalue weighted by Crippen LogP contribution is -2.26. The summed E-state index contributed by atoms with van der Waals surface area (Å²) in [5, 5.41) is 14.3. The molecule has 0 radical (unpaired) electrons. The molecule has 3 rings (SSSR count). The summed E-state index contributed by atoms with van der Waals surface area (Å²) in [5.74, 6) is -0.255. The number of ether oxygens (including phenoxy) is 4. The Kier molecular flexibility index (Phi) is 10.5. The van der Waals surface area contributed by atoms with Gasteiger partial charge in [-0.1, -0.05) is 19.4 Å². The second-order valence-corrected chi connectivity index (χ2v) is 7.39. The highest BCUT2D eigenvalue weighted by molar-refractivity contribution is 5.69. The van der Waals surface area contributed by atoms with Crippen LogP contribution in [0.5, 0.6) is 5.75 Å². The van der Waals surface area contributed by atoms with Crippen molar-refractivity contribution in [3.63, 3.8) is 0 Å². The minimum atomic E-state index is -0.593. The minimum Gasteiger partial charge on any atom is -0.496 e. The van der Waals surface area contributed by atoms with Gasteiger partial charge in [-0.15, -0.1) is 0 Å². The lowest BCUT2D eigenvalue weighted by Gasteiger charge is -2.16. The maximum atomic E-state index is 11.9. The summed E-state index contributed by atoms with van der Waals surface area (Å²) in [6, 6.07) is 3.01. The van der Waals surface area contributed by atoms with E-state index in [2.05, 4.69) is 5.32 Å². The number of benzene rings is 1. The predicted molar refractivity (Wildman–Crippen MR) is 116 cm³/mol. The molecular formula is C22H30N2O8. The molecule has 176 valence electrons. The summed E-state index contributed by atoms with van der Waals surface area (Å²) < 4.78 is 21.3. The number of hydrogen-bond donors (Lipinski definition) is 1. The van der Waals surface area contributed by atoms with Gasteiger partial charge in [0, 0.05) is 36.1 Å². The first-order chi connectivity index (χ1) is 15.4. The van der Waals surface area contributed by atoms with Crippen molar-refractivity contribution in [3.8, 4) is 5.75 Å². The summed E-state index contributed by atoms with van der Waals surface area (Å²) in [5.41, 5.74) is 0.841. The number of methoxy groups -OCH3 is 1. The van der Waals surface area contributed by atoms with Crippen molar-refractivity contribution in [3.05, 3.63) is 45.5 Å². The van der Waals surface area contributed by atoms with Crippen LogP contribution in [0.3, 0.4) is 0 Å². The van der Waals surface area contributed by atoms with E-state index >= 15 is 0 Å². The van der Waals surface area contributed by atoms with Gasteiger partial charge in [0.1, 0.15) is 19.0 Å². The minimum absolute atomic E-state index is 0.0255. The Balaban J connectivity index is 2.17. The SMILES string of the molecule is COc1cc2c([N+](=O)[O-])cc1COC/C=C\COC(=O)CCCCCNC(=O)OCC2C. The number of nitrogens with zero attached hydrogens (tertiary/aromatic N) is 1. The van der Waals surface area contributed by atoms with E-state index in [-0.39, 0.29) is 38.1 Å². The number of nitro groups is 1. The summed E-state index contributed by atoms with van der Waals surface area (Å²) in [6.45, 7) is 2.62. The van der Waals surface area contributed by atoms with Gasteiger partial charge in [0.2, 0.25) is 0 Å². The standard InChI is InChI=1S/C22H30N2O8/c1-16-14-32-22(26)23-9-5-3-4-8-21(25)31-11-7-6-10-30-15-17-12-19(24(27)28)18(16)13-20(17)29-2/h6-7,12-13,16H,3-5,8-11,14-15H2,1-2H3,(H,23,26)/b7-6-. The first-order valence-electron chi connectivity index (χ1n) is 10.6. The van der Waals surface area contributed by atoms with Gasteiger partial charge in [-0.05, 0) is 25.0 Å². The zero-order chi connectivity index (χ0) is 23.3. The number of esters is 1. The Labute approximate surface area is 187 Å². The first kappa shape index (κ1) is 25.1. The average molecular weight is 450 g/mol. The van der Waals surface area contributed by atoms with E-state index in [0.29, 0.717) is 42.7 Å². The van der Waals surface area contributed by atoms with Gasteiger partial charge in [-0.3, -0.25) is 14.9 Å². The third-order valence-corrected chi connectivity index (χ3v) is 4.93. The van der Waals surface area contributed by atoms with Crippen molar-refractivity contribution in [1.82, 2.24) is 5.32 Å². The number of hydrogen-bond acceptors (Lipinski definition) is 8. The third kappa shape index (κ3) is 8.18. The molecule has 0 aliphatic carbocycles. The molecule has 10 nitrogen and oxygen atoms in total. The molecule has 0 spiro atoms. The molecule has 1 N–H and O–H groups in total. The van der Waals surface area contributed by atoms with Gasteiger partial charge in [-0.25, -0.2) is 4.79 Å². The summed E-state index contributed by atoms with van der Waals surface area (Å²) in [7, 11) is 1.47. The van der Waals surface area contributed by atoms with Crippen molar-refractivity contribution in [1.29, 1.82) is 0 Å². The molecule has 2 heterocycles. The number of amides is 1. The van der Waals surface area contributed by atoms with Crippen molar-refractivity contribution < 1.29 is 33.5 Å². The lowest BCUT2D eigenvalue weighted by molar-refractivity contribution is -0.385. The summed E-state index contributed by atoms with van der Waals surface area (Å²) in [6.07, 6.45) is 5.25. The molecule has 2 bridgehead atoms. The first-order valence-corrected chi connectivity index (χ1v) is 10.6. The van der Waals surface area contributed by atoms with Gasteiger partial charge in [-0.2, -0.15) is 0 Å². The molecule has 1 unspecified atom stereocenters. The highest BCUT2D eigenvalue weighted by Crippen LogP contribution is 2.34. The second kappa shape index (κ2) is 13.3. The van der Waals surface area contributed by atoms with Crippen LogP contribution in [-0.2, 0) is 25.6 Å². The fourth-order valence-corrected chi connectivity index (χ4v) is 3.17. The van der Waals surface area contributed by atoms with E-state index in [1.807, 2.05) is 0 Å². The molecule has 1 amide bonds. The molecule has 1 aromatic carbocycles. The van der Waals surface area contributed by atoms with Crippen LogP contribution in [0.2, 0.25) is 0 Å². The average Bonchev–Trinajstić information content (AvgIpc) is 2.77. The van der Waals surface area contributed by atoms with Crippen LogP contribution in [0.4, 0.5) is 10.5 Å². The van der Waals surface area contributed by atoms with Gasteiger partial charge in [0.15, 0.2) is 0 Å². The van der Waals surface area contributed by atoms with Crippen LogP contribution in [0.25, 0.3) is 0 Å². The molecule has 2 aliphatic rings. The largest absolute Gasteiger partial charge is 0.496 e. The van der Waals surface area contributed by atoms with Crippen molar-refractivity contribution in [2.24, 2.45) is 0 Å². The number of fused-ring (bicyclic) bond motifs is 18. The topological polar surface area (TPSA) is 126 Å². The summed E-state index contributed by atoms with van der Waals surface area (Å²) >= 11 is 0. The van der Waals surface area contributed by atoms with Gasteiger partial charge in [0.05, 0.1) is 25.2 Å². The van der Waals surface area contributed by atoms with E-state index < -0.39 is 16.9 Å². The van der Waals surface area contributed by atoms with E-state index in [9.17, 15) is 19.7 Å². The second-order valence-electron chi connectivity index (χ2n) is 7.39. The van der Waals surface area contributed by atoms with E-state index in [1.54, 1.807) is 25.1 Å². The number of nitrogens with one attached hydrogen (secondary N) is 1. The quantitative estimate of drug-likeness (QED) is 0.313. The van der Waals surface area contributed by atoms with E-state index in [0.717, 1.165) is 6.42 Å². The van der Waals surface area contributed by atoms with Crippen LogP contribution in [0, 0.1) is 10.1 Å². The Morgan fingerprint density at radius 1 is 1.12 bits per heavy atom. The van der Waals surface area contributed by atoms with Crippen molar-refractivity contribution in [2.75, 3.05) is 33.5 Å². The number of nitro benzene ring substituents is 1. The normalized spacial score (nSPS) is 20.6. The monoisotopic (exact) mass is 450 g/mol. The number of carbonyl (C=O) groups is 2. The molecule has 0 aromatic heterocycles. The zero-order valence-electron chi connectivity index (χ0n) is 18.5. The fraction of sp³-hybridized carbons (Fsp3) is 0.545. The van der Waals surface area contributed by atoms with E-state index in [1.165, 1.54) is 13.2 Å². The van der Waals surface area contributed by atoms with Gasteiger partial charge < -0.3 is 24.3 Å². The van der Waals surface area contributed by atoms with Gasteiger partial charge >= 0.3 is 12.1 Å². The Morgan fingerprint density at radius 3 is 2.66 bits per heavy atom. The molecule has 1 aromatic rings. The fourth-order valence-electron chi connectivity index (χ4n) is 3.17. The van der Waals surface area contributed by atoms with Crippen molar-refractivity contribution >= 4 is 17.7 Å². The van der Waals surface area contributed by atoms with Crippen LogP contribution >= 0.6 is 0 Å². The molecule has 1 atom stereocenters. The third-order valence-electron chi connectivity index (χ3n) is 4.93. The Bertz CT molecular complexity index is 824. The Hall–Kier alpha value is -3.14. The van der Waals surface area contributed by atoms with Crippen molar-refractivity contribution in [2.45, 2.75) is 45.1 Å². The molecule has 0 saturated heterocycles. The van der Waals surface area contributed by atoms with Crippen LogP contribution in [-0.4, -0.2) is 50.5 Å². The zero-order valence-corrected chi connectivity index (χ0v) is 18.5. The van der Waals surface area contributed by atoms with E-state index in [4.69, 9.17) is 18.9 Å². The molecule has 2 aliphatic heterocycles. The number of rotatable bonds is 2. The maximum absolute atomic E-state index is 11.9. The van der Waals surface area contributed by atoms with Crippen LogP contribution in [0.1, 0.15) is 49.7 Å². The molecule has 0 saturated carbocycles. The summed E-state index contributed by atoms with van der Waals surface area (Å²) in [4.78, 5) is 34.8. The Morgan fingerprint density at radius 2 is 1.91 bits per heavy atom. The van der Waals surface area contributed by atoms with Crippen LogP contribution in [0.15, 0.2) is 24.3 Å². The van der Waals surface area contributed by atoms with Crippen LogP contribution < -0.4 is 10.1 Å². The van der Waals surface area contributed by atoms with Gasteiger partial charge in [0.25, 0.3) is 5.69 Å². The smallest absolute Gasteiger partial charge is 0.407 e. The highest BCUT2D eigenvalue weighted by Gasteiger charge is 2.24. The number of alkyl carbamates (subject to hydrolysis) is 1. The molecule has 32 heavy (non-hydrogen) atoms. The molecule has 0 fully saturated rings. The lowest BCUT2D eigenvalue weighted by atomic mass is 9.97. The molecule has 10 heteroatoms. The highest BCUT2D eigenvalue weighted by atomic mass is 16.6.